The fourth-order valence-corrected chi connectivity index (χ4v) is 3.39. The number of fused-ring (bicyclic) bond motifs is 1. The van der Waals surface area contributed by atoms with Crippen LogP contribution in [0.2, 0.25) is 0 Å². The zero-order chi connectivity index (χ0) is 21.5. The summed E-state index contributed by atoms with van der Waals surface area (Å²) in [5.41, 5.74) is 3.45. The van der Waals surface area contributed by atoms with Gasteiger partial charge in [0.15, 0.2) is 0 Å². The normalized spacial score (nSPS) is 11.6. The minimum Gasteiger partial charge on any atom is -0.445 e. The van der Waals surface area contributed by atoms with E-state index in [1.54, 1.807) is 12.1 Å². The number of benzene rings is 3. The number of anilines is 1. The maximum absolute atomic E-state index is 13.0. The van der Waals surface area contributed by atoms with E-state index in [-0.39, 0.29) is 12.5 Å². The first kappa shape index (κ1) is 20.2. The zero-order valence-corrected chi connectivity index (χ0v) is 16.9. The molecule has 1 heterocycles. The molecule has 0 aliphatic carbocycles. The van der Waals surface area contributed by atoms with Gasteiger partial charge in [0.2, 0.25) is 5.91 Å². The molecule has 3 N–H and O–H groups in total. The van der Waals surface area contributed by atoms with Crippen molar-refractivity contribution in [2.45, 2.75) is 19.1 Å². The Morgan fingerprint density at radius 3 is 2.32 bits per heavy atom. The standard InChI is InChI=1S/C25H23N3O3/c29-24(27-20-11-5-2-6-12-20)23(15-19-16-26-22-14-8-7-13-21(19)22)28-25(30)31-17-18-9-3-1-4-10-18/h1-14,16,23,26H,15,17H2,(H,27,29)(H,28,30). The first-order valence-electron chi connectivity index (χ1n) is 10.1. The van der Waals surface area contributed by atoms with Crippen LogP contribution >= 0.6 is 0 Å². The smallest absolute Gasteiger partial charge is 0.408 e. The number of H-pyrrole nitrogens is 1. The summed E-state index contributed by atoms with van der Waals surface area (Å²) in [5.74, 6) is -0.312. The Bertz CT molecular complexity index is 1160. The van der Waals surface area contributed by atoms with Gasteiger partial charge >= 0.3 is 6.09 Å². The van der Waals surface area contributed by atoms with Crippen molar-refractivity contribution in [3.8, 4) is 0 Å². The molecule has 0 spiro atoms. The molecule has 1 atom stereocenters. The second kappa shape index (κ2) is 9.63. The summed E-state index contributed by atoms with van der Waals surface area (Å²) in [4.78, 5) is 28.7. The van der Waals surface area contributed by atoms with Crippen molar-refractivity contribution in [1.82, 2.24) is 10.3 Å². The van der Waals surface area contributed by atoms with E-state index in [9.17, 15) is 9.59 Å². The predicted molar refractivity (Wildman–Crippen MR) is 121 cm³/mol. The minimum absolute atomic E-state index is 0.132. The van der Waals surface area contributed by atoms with E-state index in [0.717, 1.165) is 22.0 Å². The third kappa shape index (κ3) is 5.30. The maximum Gasteiger partial charge on any atom is 0.408 e. The molecule has 6 heteroatoms. The number of hydrogen-bond donors (Lipinski definition) is 3. The monoisotopic (exact) mass is 413 g/mol. The highest BCUT2D eigenvalue weighted by Crippen LogP contribution is 2.20. The zero-order valence-electron chi connectivity index (χ0n) is 16.9. The SMILES string of the molecule is O=C(NC(Cc1c[nH]c2ccccc12)C(=O)Nc1ccccc1)OCc1ccccc1. The van der Waals surface area contributed by atoms with E-state index in [1.165, 1.54) is 0 Å². The number of rotatable bonds is 7. The number of amides is 2. The highest BCUT2D eigenvalue weighted by molar-refractivity contribution is 5.97. The molecule has 4 rings (SSSR count). The number of para-hydroxylation sites is 2. The topological polar surface area (TPSA) is 83.2 Å². The molecule has 0 aliphatic rings. The number of carbonyl (C=O) groups excluding carboxylic acids is 2. The van der Waals surface area contributed by atoms with Crippen LogP contribution in [0.3, 0.4) is 0 Å². The maximum atomic E-state index is 13.0. The minimum atomic E-state index is -0.803. The Labute approximate surface area is 180 Å². The van der Waals surface area contributed by atoms with Crippen LogP contribution in [0.15, 0.2) is 91.1 Å². The second-order valence-corrected chi connectivity index (χ2v) is 7.18. The predicted octanol–water partition coefficient (Wildman–Crippen LogP) is 4.64. The Morgan fingerprint density at radius 1 is 0.871 bits per heavy atom. The molecule has 1 aromatic heterocycles. The van der Waals surface area contributed by atoms with Gasteiger partial charge < -0.3 is 20.4 Å². The van der Waals surface area contributed by atoms with E-state index in [4.69, 9.17) is 4.74 Å². The van der Waals surface area contributed by atoms with Crippen molar-refractivity contribution >= 4 is 28.6 Å². The Hall–Kier alpha value is -4.06. The Kier molecular flexibility index (Phi) is 6.28. The molecule has 0 saturated carbocycles. The molecule has 4 aromatic rings. The summed E-state index contributed by atoms with van der Waals surface area (Å²) in [6.07, 6.45) is 1.55. The average molecular weight is 413 g/mol. The van der Waals surface area contributed by atoms with Gasteiger partial charge in [0, 0.05) is 29.2 Å². The van der Waals surface area contributed by atoms with Crippen LogP contribution in [0.1, 0.15) is 11.1 Å². The summed E-state index contributed by atoms with van der Waals surface area (Å²) in [7, 11) is 0. The molecule has 6 nitrogen and oxygen atoms in total. The van der Waals surface area contributed by atoms with Crippen LogP contribution in [-0.4, -0.2) is 23.0 Å². The van der Waals surface area contributed by atoms with Crippen LogP contribution in [0.25, 0.3) is 10.9 Å². The van der Waals surface area contributed by atoms with Crippen LogP contribution in [0, 0.1) is 0 Å². The number of nitrogens with one attached hydrogen (secondary N) is 3. The molecule has 0 radical (unpaired) electrons. The van der Waals surface area contributed by atoms with Gasteiger partial charge in [0.05, 0.1) is 0 Å². The molecule has 0 saturated heterocycles. The fourth-order valence-electron chi connectivity index (χ4n) is 3.39. The van der Waals surface area contributed by atoms with Gasteiger partial charge in [-0.25, -0.2) is 4.79 Å². The summed E-state index contributed by atoms with van der Waals surface area (Å²) >= 11 is 0. The summed E-state index contributed by atoms with van der Waals surface area (Å²) in [6, 6.07) is 25.6. The third-order valence-corrected chi connectivity index (χ3v) is 4.96. The van der Waals surface area contributed by atoms with Crippen LogP contribution < -0.4 is 10.6 Å². The molecule has 0 aliphatic heterocycles. The average Bonchev–Trinajstić information content (AvgIpc) is 3.21. The first-order chi connectivity index (χ1) is 15.2. The molecule has 31 heavy (non-hydrogen) atoms. The van der Waals surface area contributed by atoms with Crippen LogP contribution in [-0.2, 0) is 22.6 Å². The Balaban J connectivity index is 1.48. The Morgan fingerprint density at radius 2 is 1.55 bits per heavy atom. The molecule has 3 aromatic carbocycles. The number of aromatic nitrogens is 1. The van der Waals surface area contributed by atoms with E-state index < -0.39 is 12.1 Å². The van der Waals surface area contributed by atoms with Crippen LogP contribution in [0.4, 0.5) is 10.5 Å². The fraction of sp³-hybridized carbons (Fsp3) is 0.120. The van der Waals surface area contributed by atoms with Gasteiger partial charge in [-0.05, 0) is 29.3 Å². The third-order valence-electron chi connectivity index (χ3n) is 4.96. The number of hydrogen-bond acceptors (Lipinski definition) is 3. The largest absolute Gasteiger partial charge is 0.445 e. The summed E-state index contributed by atoms with van der Waals surface area (Å²) in [6.45, 7) is 0.132. The van der Waals surface area contributed by atoms with E-state index >= 15 is 0 Å². The molecule has 1 unspecified atom stereocenters. The molecule has 0 fully saturated rings. The number of ether oxygens (including phenoxy) is 1. The summed E-state index contributed by atoms with van der Waals surface area (Å²) < 4.78 is 5.33. The quantitative estimate of drug-likeness (QED) is 0.413. The van der Waals surface area contributed by atoms with E-state index in [2.05, 4.69) is 15.6 Å². The van der Waals surface area contributed by atoms with Gasteiger partial charge in [-0.15, -0.1) is 0 Å². The molecule has 156 valence electrons. The number of carbonyl (C=O) groups is 2. The van der Waals surface area contributed by atoms with Gasteiger partial charge in [0.1, 0.15) is 12.6 Å². The van der Waals surface area contributed by atoms with E-state index in [0.29, 0.717) is 12.1 Å². The molecular formula is C25H23N3O3. The highest BCUT2D eigenvalue weighted by atomic mass is 16.5. The van der Waals surface area contributed by atoms with Crippen molar-refractivity contribution in [1.29, 1.82) is 0 Å². The van der Waals surface area contributed by atoms with E-state index in [1.807, 2.05) is 79.0 Å². The van der Waals surface area contributed by atoms with Crippen LogP contribution in [0.5, 0.6) is 0 Å². The molecule has 2 amide bonds. The van der Waals surface area contributed by atoms with Gasteiger partial charge in [-0.3, -0.25) is 4.79 Å². The summed E-state index contributed by atoms with van der Waals surface area (Å²) in [5, 5.41) is 6.60. The number of aromatic amines is 1. The van der Waals surface area contributed by atoms with Gasteiger partial charge in [0.25, 0.3) is 0 Å². The molecular weight excluding hydrogens is 390 g/mol. The lowest BCUT2D eigenvalue weighted by atomic mass is 10.0. The first-order valence-corrected chi connectivity index (χ1v) is 10.1. The number of alkyl carbamates (subject to hydrolysis) is 1. The highest BCUT2D eigenvalue weighted by Gasteiger charge is 2.23. The lowest BCUT2D eigenvalue weighted by Crippen LogP contribution is -2.45. The van der Waals surface area contributed by atoms with Crippen molar-refractivity contribution in [3.63, 3.8) is 0 Å². The van der Waals surface area contributed by atoms with Crippen molar-refractivity contribution in [2.75, 3.05) is 5.32 Å². The van der Waals surface area contributed by atoms with Crippen molar-refractivity contribution in [3.05, 3.63) is 102 Å². The molecule has 0 bridgehead atoms. The lowest BCUT2D eigenvalue weighted by Gasteiger charge is -2.18. The van der Waals surface area contributed by atoms with Gasteiger partial charge in [-0.1, -0.05) is 66.7 Å². The van der Waals surface area contributed by atoms with Crippen molar-refractivity contribution < 1.29 is 14.3 Å². The lowest BCUT2D eigenvalue weighted by molar-refractivity contribution is -0.118. The second-order valence-electron chi connectivity index (χ2n) is 7.18. The van der Waals surface area contributed by atoms with Crippen molar-refractivity contribution in [2.24, 2.45) is 0 Å². The van der Waals surface area contributed by atoms with Gasteiger partial charge in [-0.2, -0.15) is 0 Å².